The first-order chi connectivity index (χ1) is 9.19. The maximum Gasteiger partial charge on any atom is 0.127 e. The second kappa shape index (κ2) is 6.91. The zero-order valence-corrected chi connectivity index (χ0v) is 13.8. The van der Waals surface area contributed by atoms with Gasteiger partial charge in [0.1, 0.15) is 5.82 Å². The van der Waals surface area contributed by atoms with Gasteiger partial charge < -0.3 is 10.6 Å². The normalized spacial score (nSPS) is 10.3. The topological polar surface area (TPSA) is 37.0 Å². The van der Waals surface area contributed by atoms with Crippen molar-refractivity contribution in [3.63, 3.8) is 0 Å². The Morgan fingerprint density at radius 2 is 2.00 bits per heavy atom. The summed E-state index contributed by atoms with van der Waals surface area (Å²) in [4.78, 5) is 4.28. The molecule has 0 saturated heterocycles. The van der Waals surface area contributed by atoms with Gasteiger partial charge in [-0.1, -0.05) is 22.9 Å². The van der Waals surface area contributed by atoms with Gasteiger partial charge in [0.05, 0.1) is 5.69 Å². The molecule has 0 unspecified atom stereocenters. The Hall–Kier alpha value is -1.07. The predicted octanol–water partition coefficient (Wildman–Crippen LogP) is 5.17. The van der Waals surface area contributed by atoms with Gasteiger partial charge in [0.15, 0.2) is 0 Å². The summed E-state index contributed by atoms with van der Waals surface area (Å²) in [7, 11) is 0. The van der Waals surface area contributed by atoms with E-state index in [0.717, 1.165) is 39.1 Å². The maximum absolute atomic E-state index is 4.28. The van der Waals surface area contributed by atoms with Crippen molar-refractivity contribution in [3.8, 4) is 0 Å². The molecule has 0 amide bonds. The van der Waals surface area contributed by atoms with Crippen molar-refractivity contribution < 1.29 is 0 Å². The molecule has 3 nitrogen and oxygen atoms in total. The third kappa shape index (κ3) is 4.21. The number of nitrogens with zero attached hydrogens (tertiary/aromatic N) is 1. The SMILES string of the molecule is CCCNc1cc(Nc2ccc(Br)cc2Br)ccn1. The molecule has 2 aromatic rings. The number of nitrogens with one attached hydrogen (secondary N) is 2. The molecule has 0 aliphatic carbocycles. The van der Waals surface area contributed by atoms with Crippen LogP contribution in [-0.2, 0) is 0 Å². The summed E-state index contributed by atoms with van der Waals surface area (Å²) >= 11 is 6.99. The van der Waals surface area contributed by atoms with Crippen molar-refractivity contribution in [2.75, 3.05) is 17.2 Å². The highest BCUT2D eigenvalue weighted by atomic mass is 79.9. The maximum atomic E-state index is 4.28. The van der Waals surface area contributed by atoms with Crippen molar-refractivity contribution in [2.24, 2.45) is 0 Å². The third-order valence-corrected chi connectivity index (χ3v) is 3.68. The van der Waals surface area contributed by atoms with Crippen LogP contribution in [0, 0.1) is 0 Å². The molecule has 0 atom stereocenters. The first-order valence-electron chi connectivity index (χ1n) is 6.11. The van der Waals surface area contributed by atoms with Crippen molar-refractivity contribution in [1.82, 2.24) is 4.98 Å². The third-order valence-electron chi connectivity index (χ3n) is 2.53. The van der Waals surface area contributed by atoms with Crippen LogP contribution in [0.5, 0.6) is 0 Å². The van der Waals surface area contributed by atoms with Gasteiger partial charge in [-0.2, -0.15) is 0 Å². The highest BCUT2D eigenvalue weighted by Gasteiger charge is 2.02. The summed E-state index contributed by atoms with van der Waals surface area (Å²) < 4.78 is 2.06. The van der Waals surface area contributed by atoms with Crippen LogP contribution >= 0.6 is 31.9 Å². The predicted molar refractivity (Wildman–Crippen MR) is 88.1 cm³/mol. The quantitative estimate of drug-likeness (QED) is 0.746. The lowest BCUT2D eigenvalue weighted by Gasteiger charge is -2.10. The van der Waals surface area contributed by atoms with E-state index in [2.05, 4.69) is 54.4 Å². The van der Waals surface area contributed by atoms with Crippen molar-refractivity contribution in [1.29, 1.82) is 0 Å². The van der Waals surface area contributed by atoms with Gasteiger partial charge in [-0.05, 0) is 46.6 Å². The fourth-order valence-electron chi connectivity index (χ4n) is 1.60. The Labute approximate surface area is 130 Å². The van der Waals surface area contributed by atoms with Gasteiger partial charge in [0, 0.05) is 33.4 Å². The molecule has 0 radical (unpaired) electrons. The number of hydrogen-bond acceptors (Lipinski definition) is 3. The number of rotatable bonds is 5. The molecule has 0 fully saturated rings. The molecule has 2 rings (SSSR count). The molecule has 19 heavy (non-hydrogen) atoms. The largest absolute Gasteiger partial charge is 0.370 e. The molecule has 0 bridgehead atoms. The summed E-state index contributed by atoms with van der Waals surface area (Å²) in [5, 5.41) is 6.64. The summed E-state index contributed by atoms with van der Waals surface area (Å²) in [6.45, 7) is 3.06. The highest BCUT2D eigenvalue weighted by molar-refractivity contribution is 9.11. The lowest BCUT2D eigenvalue weighted by atomic mass is 10.3. The van der Waals surface area contributed by atoms with Crippen LogP contribution in [0.15, 0.2) is 45.5 Å². The van der Waals surface area contributed by atoms with Gasteiger partial charge in [0.25, 0.3) is 0 Å². The second-order valence-electron chi connectivity index (χ2n) is 4.11. The van der Waals surface area contributed by atoms with E-state index in [-0.39, 0.29) is 0 Å². The molecule has 100 valence electrons. The van der Waals surface area contributed by atoms with Crippen molar-refractivity contribution in [3.05, 3.63) is 45.5 Å². The van der Waals surface area contributed by atoms with E-state index in [9.17, 15) is 0 Å². The minimum Gasteiger partial charge on any atom is -0.370 e. The number of benzene rings is 1. The van der Waals surface area contributed by atoms with E-state index in [1.54, 1.807) is 6.20 Å². The lowest BCUT2D eigenvalue weighted by Crippen LogP contribution is -2.02. The Balaban J connectivity index is 2.14. The Morgan fingerprint density at radius 3 is 2.74 bits per heavy atom. The van der Waals surface area contributed by atoms with Crippen LogP contribution in [0.3, 0.4) is 0 Å². The molecule has 0 saturated carbocycles. The zero-order chi connectivity index (χ0) is 13.7. The fourth-order valence-corrected chi connectivity index (χ4v) is 2.75. The average molecular weight is 385 g/mol. The monoisotopic (exact) mass is 383 g/mol. The number of aromatic nitrogens is 1. The van der Waals surface area contributed by atoms with Crippen molar-refractivity contribution >= 4 is 49.1 Å². The zero-order valence-electron chi connectivity index (χ0n) is 10.6. The van der Waals surface area contributed by atoms with Crippen LogP contribution in [-0.4, -0.2) is 11.5 Å². The van der Waals surface area contributed by atoms with Gasteiger partial charge in [0.2, 0.25) is 0 Å². The standard InChI is InChI=1S/C14H15Br2N3/c1-2-6-17-14-9-11(5-7-18-14)19-13-4-3-10(15)8-12(13)16/h3-5,7-9H,2,6H2,1H3,(H2,17,18,19). The Kier molecular flexibility index (Phi) is 5.22. The van der Waals surface area contributed by atoms with Gasteiger partial charge >= 0.3 is 0 Å². The van der Waals surface area contributed by atoms with E-state index in [1.807, 2.05) is 30.3 Å². The molecular weight excluding hydrogens is 370 g/mol. The number of anilines is 3. The van der Waals surface area contributed by atoms with Crippen LogP contribution in [0.1, 0.15) is 13.3 Å². The first kappa shape index (κ1) is 14.3. The molecule has 0 spiro atoms. The number of halogens is 2. The molecule has 2 N–H and O–H groups in total. The molecule has 0 aliphatic heterocycles. The minimum absolute atomic E-state index is 0.889. The highest BCUT2D eigenvalue weighted by Crippen LogP contribution is 2.29. The second-order valence-corrected chi connectivity index (χ2v) is 5.88. The molecule has 5 heteroatoms. The van der Waals surface area contributed by atoms with Gasteiger partial charge in [-0.3, -0.25) is 0 Å². The van der Waals surface area contributed by atoms with E-state index >= 15 is 0 Å². The molecular formula is C14H15Br2N3. The van der Waals surface area contributed by atoms with Gasteiger partial charge in [-0.25, -0.2) is 4.98 Å². The summed E-state index contributed by atoms with van der Waals surface area (Å²) in [6, 6.07) is 9.99. The molecule has 1 heterocycles. The van der Waals surface area contributed by atoms with E-state index in [1.165, 1.54) is 0 Å². The summed E-state index contributed by atoms with van der Waals surface area (Å²) in [5.74, 6) is 0.889. The van der Waals surface area contributed by atoms with E-state index in [0.29, 0.717) is 0 Å². The fraction of sp³-hybridized carbons (Fsp3) is 0.214. The van der Waals surface area contributed by atoms with Crippen LogP contribution < -0.4 is 10.6 Å². The lowest BCUT2D eigenvalue weighted by molar-refractivity contribution is 0.969. The Morgan fingerprint density at radius 1 is 1.16 bits per heavy atom. The minimum atomic E-state index is 0.889. The van der Waals surface area contributed by atoms with Gasteiger partial charge in [-0.15, -0.1) is 0 Å². The number of hydrogen-bond donors (Lipinski definition) is 2. The summed E-state index contributed by atoms with van der Waals surface area (Å²) in [6.07, 6.45) is 2.88. The van der Waals surface area contributed by atoms with E-state index < -0.39 is 0 Å². The first-order valence-corrected chi connectivity index (χ1v) is 7.69. The number of pyridine rings is 1. The smallest absolute Gasteiger partial charge is 0.127 e. The van der Waals surface area contributed by atoms with Crippen LogP contribution in [0.4, 0.5) is 17.2 Å². The van der Waals surface area contributed by atoms with Crippen molar-refractivity contribution in [2.45, 2.75) is 13.3 Å². The average Bonchev–Trinajstić information content (AvgIpc) is 2.40. The molecule has 0 aliphatic rings. The summed E-state index contributed by atoms with van der Waals surface area (Å²) in [5.41, 5.74) is 2.03. The van der Waals surface area contributed by atoms with Crippen LogP contribution in [0.25, 0.3) is 0 Å². The van der Waals surface area contributed by atoms with E-state index in [4.69, 9.17) is 0 Å². The Bertz CT molecular complexity index is 558. The van der Waals surface area contributed by atoms with Crippen LogP contribution in [0.2, 0.25) is 0 Å². The molecule has 1 aromatic heterocycles. The molecule has 1 aromatic carbocycles.